The van der Waals surface area contributed by atoms with Gasteiger partial charge in [-0.15, -0.1) is 13.2 Å². The molecule has 3 aliphatic rings. The molecule has 1 saturated carbocycles. The number of hydrogen-bond acceptors (Lipinski definition) is 7. The molecule has 3 heterocycles. The summed E-state index contributed by atoms with van der Waals surface area (Å²) in [6.45, 7) is -0.272. The van der Waals surface area contributed by atoms with Crippen molar-refractivity contribution in [2.24, 2.45) is 0 Å². The van der Waals surface area contributed by atoms with E-state index >= 15 is 4.39 Å². The van der Waals surface area contributed by atoms with Crippen LogP contribution in [0.15, 0.2) is 30.5 Å². The number of nitrogens with one attached hydrogen (secondary N) is 2. The maximum absolute atomic E-state index is 15.2. The number of imide groups is 1. The topological polar surface area (TPSA) is 127 Å². The van der Waals surface area contributed by atoms with E-state index in [9.17, 15) is 32.3 Å². The summed E-state index contributed by atoms with van der Waals surface area (Å²) in [5.74, 6) is -3.34. The second-order valence-corrected chi connectivity index (χ2v) is 9.46. The van der Waals surface area contributed by atoms with Crippen LogP contribution in [0.4, 0.5) is 22.4 Å². The number of alkyl carbamates (subject to hydrolysis) is 1. The Labute approximate surface area is 218 Å². The van der Waals surface area contributed by atoms with Crippen molar-refractivity contribution in [2.75, 3.05) is 0 Å². The highest BCUT2D eigenvalue weighted by Crippen LogP contribution is 2.42. The van der Waals surface area contributed by atoms with E-state index in [1.54, 1.807) is 0 Å². The van der Waals surface area contributed by atoms with Crippen LogP contribution in [0.5, 0.6) is 5.75 Å². The molecule has 4 amide bonds. The Morgan fingerprint density at radius 3 is 2.67 bits per heavy atom. The molecule has 0 radical (unpaired) electrons. The maximum atomic E-state index is 15.2. The van der Waals surface area contributed by atoms with E-state index in [1.807, 2.05) is 0 Å². The van der Waals surface area contributed by atoms with E-state index in [0.29, 0.717) is 5.56 Å². The molecule has 14 heteroatoms. The number of amides is 4. The van der Waals surface area contributed by atoms with E-state index in [0.717, 1.165) is 6.07 Å². The van der Waals surface area contributed by atoms with Gasteiger partial charge in [0.25, 0.3) is 5.91 Å². The van der Waals surface area contributed by atoms with Gasteiger partial charge in [0, 0.05) is 37.2 Å². The number of halogens is 4. The highest BCUT2D eigenvalue weighted by molar-refractivity contribution is 6.05. The third-order valence-corrected chi connectivity index (χ3v) is 6.91. The lowest BCUT2D eigenvalue weighted by atomic mass is 9.79. The number of alkyl halides is 3. The number of rotatable bonds is 6. The molecule has 1 aromatic carbocycles. The molecule has 1 saturated heterocycles. The van der Waals surface area contributed by atoms with Crippen LogP contribution >= 0.6 is 0 Å². The second kappa shape index (κ2) is 10.2. The smallest absolute Gasteiger partial charge is 0.446 e. The molecule has 5 rings (SSSR count). The van der Waals surface area contributed by atoms with Gasteiger partial charge in [0.1, 0.15) is 18.0 Å². The average Bonchev–Trinajstić information content (AvgIpc) is 3.17. The van der Waals surface area contributed by atoms with Gasteiger partial charge in [0.2, 0.25) is 11.8 Å². The SMILES string of the molecule is O=C1CC[C@H](N2Cc3ccc(CNC(=O)OC4CC(c5ncccc5OC(F)(F)F)C4)c(F)c3C2=O)C(=O)N1. The van der Waals surface area contributed by atoms with Gasteiger partial charge in [0.05, 0.1) is 11.3 Å². The molecule has 0 bridgehead atoms. The Kier molecular flexibility index (Phi) is 6.87. The normalized spacial score (nSPS) is 22.6. The highest BCUT2D eigenvalue weighted by atomic mass is 19.4. The number of carbonyl (C=O) groups excluding carboxylic acids is 4. The minimum absolute atomic E-state index is 0.0158. The third-order valence-electron chi connectivity index (χ3n) is 6.91. The number of ether oxygens (including phenoxy) is 2. The molecule has 1 aliphatic carbocycles. The number of benzene rings is 1. The monoisotopic (exact) mass is 550 g/mol. The van der Waals surface area contributed by atoms with Gasteiger partial charge in [-0.25, -0.2) is 9.18 Å². The van der Waals surface area contributed by atoms with Gasteiger partial charge >= 0.3 is 12.5 Å². The molecule has 1 aromatic heterocycles. The summed E-state index contributed by atoms with van der Waals surface area (Å²) < 4.78 is 62.4. The zero-order valence-corrected chi connectivity index (χ0v) is 20.2. The van der Waals surface area contributed by atoms with E-state index in [1.165, 1.54) is 29.3 Å². The van der Waals surface area contributed by atoms with E-state index < -0.39 is 59.8 Å². The Hall–Kier alpha value is -4.23. The van der Waals surface area contributed by atoms with Crippen molar-refractivity contribution in [1.82, 2.24) is 20.5 Å². The second-order valence-electron chi connectivity index (χ2n) is 9.46. The molecule has 2 fully saturated rings. The van der Waals surface area contributed by atoms with Crippen LogP contribution in [-0.2, 0) is 27.4 Å². The van der Waals surface area contributed by atoms with Crippen molar-refractivity contribution in [2.45, 2.75) is 63.2 Å². The fourth-order valence-corrected chi connectivity index (χ4v) is 4.95. The summed E-state index contributed by atoms with van der Waals surface area (Å²) in [5.41, 5.74) is 0.336. The zero-order valence-electron chi connectivity index (χ0n) is 20.2. The molecule has 10 nitrogen and oxygen atoms in total. The van der Waals surface area contributed by atoms with Crippen molar-refractivity contribution in [1.29, 1.82) is 0 Å². The zero-order chi connectivity index (χ0) is 27.9. The lowest BCUT2D eigenvalue weighted by Crippen LogP contribution is -2.52. The Bertz CT molecular complexity index is 1340. The van der Waals surface area contributed by atoms with Gasteiger partial charge < -0.3 is 19.7 Å². The van der Waals surface area contributed by atoms with E-state index in [2.05, 4.69) is 20.4 Å². The molecule has 1 atom stereocenters. The van der Waals surface area contributed by atoms with Crippen molar-refractivity contribution < 1.29 is 46.2 Å². The van der Waals surface area contributed by atoms with Crippen molar-refractivity contribution >= 4 is 23.8 Å². The lowest BCUT2D eigenvalue weighted by Gasteiger charge is -2.34. The van der Waals surface area contributed by atoms with Crippen LogP contribution in [0.25, 0.3) is 0 Å². The summed E-state index contributed by atoms with van der Waals surface area (Å²) >= 11 is 0. The highest BCUT2D eigenvalue weighted by Gasteiger charge is 2.41. The summed E-state index contributed by atoms with van der Waals surface area (Å²) in [6, 6.07) is 4.55. The molecular formula is C25H22F4N4O6. The van der Waals surface area contributed by atoms with Gasteiger partial charge in [0.15, 0.2) is 5.75 Å². The Morgan fingerprint density at radius 1 is 1.18 bits per heavy atom. The van der Waals surface area contributed by atoms with E-state index in [4.69, 9.17) is 4.74 Å². The van der Waals surface area contributed by atoms with Crippen molar-refractivity contribution in [3.05, 3.63) is 58.7 Å². The first kappa shape index (κ1) is 26.4. The Balaban J connectivity index is 1.15. The molecular weight excluding hydrogens is 528 g/mol. The predicted molar refractivity (Wildman–Crippen MR) is 122 cm³/mol. The van der Waals surface area contributed by atoms with Crippen LogP contribution in [0, 0.1) is 5.82 Å². The first-order chi connectivity index (χ1) is 18.5. The fraction of sp³-hybridized carbons (Fsp3) is 0.400. The minimum atomic E-state index is -4.86. The molecule has 2 aromatic rings. The largest absolute Gasteiger partial charge is 0.573 e. The average molecular weight is 550 g/mol. The lowest BCUT2D eigenvalue weighted by molar-refractivity contribution is -0.275. The maximum Gasteiger partial charge on any atom is 0.573 e. The van der Waals surface area contributed by atoms with Crippen LogP contribution in [0.3, 0.4) is 0 Å². The van der Waals surface area contributed by atoms with E-state index in [-0.39, 0.29) is 55.6 Å². The fourth-order valence-electron chi connectivity index (χ4n) is 4.95. The molecule has 39 heavy (non-hydrogen) atoms. The minimum Gasteiger partial charge on any atom is -0.446 e. The van der Waals surface area contributed by atoms with Crippen LogP contribution in [0.1, 0.15) is 58.8 Å². The number of fused-ring (bicyclic) bond motifs is 1. The van der Waals surface area contributed by atoms with Gasteiger partial charge in [-0.2, -0.15) is 0 Å². The number of hydrogen-bond donors (Lipinski definition) is 2. The Morgan fingerprint density at radius 2 is 1.95 bits per heavy atom. The van der Waals surface area contributed by atoms with Gasteiger partial charge in [-0.3, -0.25) is 24.7 Å². The van der Waals surface area contributed by atoms with Crippen molar-refractivity contribution in [3.63, 3.8) is 0 Å². The van der Waals surface area contributed by atoms with Crippen molar-refractivity contribution in [3.8, 4) is 5.75 Å². The summed E-state index contributed by atoms with van der Waals surface area (Å²) in [6.07, 6.45) is -4.27. The van der Waals surface area contributed by atoms with Crippen LogP contribution in [0.2, 0.25) is 0 Å². The summed E-state index contributed by atoms with van der Waals surface area (Å²) in [7, 11) is 0. The molecule has 2 aliphatic heterocycles. The molecule has 206 valence electrons. The number of nitrogens with zero attached hydrogens (tertiary/aromatic N) is 2. The van der Waals surface area contributed by atoms with Crippen LogP contribution < -0.4 is 15.4 Å². The first-order valence-corrected chi connectivity index (χ1v) is 12.1. The third kappa shape index (κ3) is 5.49. The number of piperidine rings is 1. The number of carbonyl (C=O) groups is 4. The number of aromatic nitrogens is 1. The number of pyridine rings is 1. The predicted octanol–water partition coefficient (Wildman–Crippen LogP) is 3.05. The van der Waals surface area contributed by atoms with Gasteiger partial charge in [-0.05, 0) is 37.0 Å². The molecule has 0 spiro atoms. The quantitative estimate of drug-likeness (QED) is 0.418. The summed E-state index contributed by atoms with van der Waals surface area (Å²) in [4.78, 5) is 53.9. The molecule has 2 N–H and O–H groups in total. The standard InChI is InChI=1S/C25H22F4N4O6/c26-20-12(3-4-13-11-33(23(36)19(13)20)16-5-6-18(34)32-22(16)35)10-31-24(37)38-15-8-14(9-15)21-17(2-1-7-30-21)39-25(27,28)29/h1-4,7,14-16H,5-6,8-11H2,(H,31,37)(H,32,34,35)/t14?,15?,16-/m0/s1. The van der Waals surface area contributed by atoms with Crippen LogP contribution in [-0.4, -0.2) is 52.2 Å². The molecule has 0 unspecified atom stereocenters. The van der Waals surface area contributed by atoms with Gasteiger partial charge in [-0.1, -0.05) is 12.1 Å². The summed E-state index contributed by atoms with van der Waals surface area (Å²) in [5, 5.41) is 4.59. The first-order valence-electron chi connectivity index (χ1n) is 12.1.